The zero-order chi connectivity index (χ0) is 28.2. The molecular weight excluding hydrogens is 500 g/mol. The normalized spacial score (nSPS) is 22.4. The van der Waals surface area contributed by atoms with Crippen LogP contribution in [0.25, 0.3) is 0 Å². The Bertz CT molecular complexity index is 973. The molecule has 6 rings (SSSR count). The number of benzene rings is 2. The van der Waals surface area contributed by atoms with Gasteiger partial charge in [0.25, 0.3) is 0 Å². The molecule has 0 heterocycles. The van der Waals surface area contributed by atoms with Gasteiger partial charge in [0.2, 0.25) is 0 Å². The van der Waals surface area contributed by atoms with Crippen molar-refractivity contribution in [2.75, 3.05) is 0 Å². The average Bonchev–Trinajstić information content (AvgIpc) is 3.04. The van der Waals surface area contributed by atoms with Crippen molar-refractivity contribution >= 4 is 0 Å². The smallest absolute Gasteiger partial charge is 0.122 e. The van der Waals surface area contributed by atoms with Crippen LogP contribution in [-0.2, 0) is 0 Å². The van der Waals surface area contributed by atoms with E-state index in [1.54, 1.807) is 0 Å². The molecule has 0 aromatic heterocycles. The minimum atomic E-state index is 0.311. The minimum absolute atomic E-state index is 0.311. The van der Waals surface area contributed by atoms with Gasteiger partial charge in [-0.2, -0.15) is 0 Å². The molecule has 4 aliphatic carbocycles. The maximum atomic E-state index is 11.8. The second-order valence-corrected chi connectivity index (χ2v) is 14.4. The van der Waals surface area contributed by atoms with Crippen LogP contribution in [-0.4, -0.2) is 10.2 Å². The summed E-state index contributed by atoms with van der Waals surface area (Å²) in [6, 6.07) is 9.72. The average molecular weight is 557 g/mol. The molecule has 0 saturated heterocycles. The third-order valence-electron chi connectivity index (χ3n) is 11.8. The van der Waals surface area contributed by atoms with E-state index >= 15 is 0 Å². The lowest BCUT2D eigenvalue weighted by Gasteiger charge is -2.31. The van der Waals surface area contributed by atoms with E-state index < -0.39 is 0 Å². The van der Waals surface area contributed by atoms with Crippen LogP contribution in [0.5, 0.6) is 11.5 Å². The number of phenols is 2. The molecule has 4 saturated carbocycles. The molecule has 0 radical (unpaired) electrons. The molecule has 0 bridgehead atoms. The quantitative estimate of drug-likeness (QED) is 0.356. The first-order valence-corrected chi connectivity index (χ1v) is 17.9. The summed E-state index contributed by atoms with van der Waals surface area (Å²) in [6.07, 6.45) is 26.5. The molecule has 41 heavy (non-hydrogen) atoms. The lowest BCUT2D eigenvalue weighted by molar-refractivity contribution is 0.391. The predicted octanol–water partition coefficient (Wildman–Crippen LogP) is 11.8. The largest absolute Gasteiger partial charge is 0.507 e. The number of aromatic hydroxyl groups is 2. The van der Waals surface area contributed by atoms with Crippen molar-refractivity contribution < 1.29 is 10.2 Å². The fourth-order valence-electron chi connectivity index (χ4n) is 9.37. The highest BCUT2D eigenvalue weighted by Crippen LogP contribution is 2.49. The fraction of sp³-hybridized carbons (Fsp3) is 0.692. The van der Waals surface area contributed by atoms with Gasteiger partial charge in [0.15, 0.2) is 0 Å². The van der Waals surface area contributed by atoms with Crippen molar-refractivity contribution in [3.63, 3.8) is 0 Å². The molecule has 0 spiro atoms. The standard InChI is InChI=1S/C39H56O2/c1-2-33(31-23-34(27-15-7-3-8-16-27)38(40)35(24-31)28-17-9-4-10-18-28)32-25-36(29-19-11-5-12-20-29)39(41)37(26-32)30-21-13-6-14-22-30/h23-30,33,40-41H,2-22H2,1H3. The number of hydrogen-bond acceptors (Lipinski definition) is 2. The highest BCUT2D eigenvalue weighted by molar-refractivity contribution is 5.53. The molecule has 0 aliphatic heterocycles. The van der Waals surface area contributed by atoms with Crippen molar-refractivity contribution in [1.29, 1.82) is 0 Å². The van der Waals surface area contributed by atoms with Crippen LogP contribution < -0.4 is 0 Å². The summed E-state index contributed by atoms with van der Waals surface area (Å²) in [4.78, 5) is 0. The molecular formula is C39H56O2. The summed E-state index contributed by atoms with van der Waals surface area (Å²) >= 11 is 0. The van der Waals surface area contributed by atoms with Crippen LogP contribution in [0.1, 0.15) is 205 Å². The van der Waals surface area contributed by atoms with Gasteiger partial charge in [0.05, 0.1) is 0 Å². The van der Waals surface area contributed by atoms with E-state index in [0.29, 0.717) is 41.1 Å². The molecule has 2 nitrogen and oxygen atoms in total. The first kappa shape index (κ1) is 29.1. The summed E-state index contributed by atoms with van der Waals surface area (Å²) in [7, 11) is 0. The summed E-state index contributed by atoms with van der Waals surface area (Å²) in [6.45, 7) is 2.35. The van der Waals surface area contributed by atoms with Crippen molar-refractivity contribution in [3.8, 4) is 11.5 Å². The van der Waals surface area contributed by atoms with Crippen molar-refractivity contribution in [2.24, 2.45) is 0 Å². The Balaban J connectivity index is 1.45. The van der Waals surface area contributed by atoms with Gasteiger partial charge in [-0.15, -0.1) is 0 Å². The Hall–Kier alpha value is -1.96. The number of phenolic OH excluding ortho intramolecular Hbond substituents is 2. The van der Waals surface area contributed by atoms with Crippen LogP contribution in [0.15, 0.2) is 24.3 Å². The van der Waals surface area contributed by atoms with E-state index in [9.17, 15) is 10.2 Å². The molecule has 0 atom stereocenters. The molecule has 0 unspecified atom stereocenters. The monoisotopic (exact) mass is 556 g/mol. The van der Waals surface area contributed by atoms with Crippen molar-refractivity contribution in [2.45, 2.75) is 171 Å². The Morgan fingerprint density at radius 3 is 0.927 bits per heavy atom. The Morgan fingerprint density at radius 2 is 0.707 bits per heavy atom. The minimum Gasteiger partial charge on any atom is -0.507 e. The van der Waals surface area contributed by atoms with Gasteiger partial charge >= 0.3 is 0 Å². The van der Waals surface area contributed by atoms with Gasteiger partial charge in [-0.05, 0) is 115 Å². The van der Waals surface area contributed by atoms with Crippen LogP contribution in [0.4, 0.5) is 0 Å². The summed E-state index contributed by atoms with van der Waals surface area (Å²) in [5, 5.41) is 23.5. The lowest BCUT2D eigenvalue weighted by atomic mass is 9.74. The number of hydrogen-bond donors (Lipinski definition) is 2. The zero-order valence-corrected chi connectivity index (χ0v) is 25.9. The third kappa shape index (κ3) is 6.37. The Labute approximate surface area is 250 Å². The molecule has 2 aromatic rings. The van der Waals surface area contributed by atoms with E-state index in [-0.39, 0.29) is 0 Å². The Kier molecular flexibility index (Phi) is 9.63. The highest BCUT2D eigenvalue weighted by atomic mass is 16.3. The van der Waals surface area contributed by atoms with Gasteiger partial charge in [0, 0.05) is 5.92 Å². The highest BCUT2D eigenvalue weighted by Gasteiger charge is 2.30. The topological polar surface area (TPSA) is 40.5 Å². The first-order chi connectivity index (χ1) is 20.1. The van der Waals surface area contributed by atoms with E-state index in [4.69, 9.17) is 0 Å². The van der Waals surface area contributed by atoms with Crippen LogP contribution >= 0.6 is 0 Å². The van der Waals surface area contributed by atoms with E-state index in [2.05, 4.69) is 31.2 Å². The summed E-state index contributed by atoms with van der Waals surface area (Å²) in [5.41, 5.74) is 7.84. The summed E-state index contributed by atoms with van der Waals surface area (Å²) in [5.74, 6) is 3.58. The van der Waals surface area contributed by atoms with Gasteiger partial charge in [0.1, 0.15) is 11.5 Å². The third-order valence-corrected chi connectivity index (χ3v) is 11.8. The lowest BCUT2D eigenvalue weighted by Crippen LogP contribution is -2.13. The van der Waals surface area contributed by atoms with E-state index in [1.165, 1.54) is 162 Å². The van der Waals surface area contributed by atoms with Gasteiger partial charge in [-0.3, -0.25) is 0 Å². The molecule has 2 N–H and O–H groups in total. The number of rotatable bonds is 7. The van der Waals surface area contributed by atoms with E-state index in [0.717, 1.165) is 6.42 Å². The molecule has 4 aliphatic rings. The van der Waals surface area contributed by atoms with Crippen molar-refractivity contribution in [1.82, 2.24) is 0 Å². The van der Waals surface area contributed by atoms with E-state index in [1.807, 2.05) is 0 Å². The predicted molar refractivity (Wildman–Crippen MR) is 172 cm³/mol. The molecule has 224 valence electrons. The second-order valence-electron chi connectivity index (χ2n) is 14.4. The SMILES string of the molecule is CCC(c1cc(C2CCCCC2)c(O)c(C2CCCCC2)c1)c1cc(C2CCCCC2)c(O)c(C2CCCCC2)c1. The molecule has 2 aromatic carbocycles. The molecule has 0 amide bonds. The maximum absolute atomic E-state index is 11.8. The second kappa shape index (κ2) is 13.6. The van der Waals surface area contributed by atoms with Crippen molar-refractivity contribution in [3.05, 3.63) is 57.6 Å². The van der Waals surface area contributed by atoms with Gasteiger partial charge < -0.3 is 10.2 Å². The zero-order valence-electron chi connectivity index (χ0n) is 25.9. The summed E-state index contributed by atoms with van der Waals surface area (Å²) < 4.78 is 0. The fourth-order valence-corrected chi connectivity index (χ4v) is 9.37. The van der Waals surface area contributed by atoms with Crippen LogP contribution in [0, 0.1) is 0 Å². The van der Waals surface area contributed by atoms with Crippen LogP contribution in [0.3, 0.4) is 0 Å². The molecule has 4 fully saturated rings. The molecule has 2 heteroatoms. The van der Waals surface area contributed by atoms with Gasteiger partial charge in [-0.25, -0.2) is 0 Å². The maximum Gasteiger partial charge on any atom is 0.122 e. The first-order valence-electron chi connectivity index (χ1n) is 17.9. The Morgan fingerprint density at radius 1 is 0.463 bits per heavy atom. The van der Waals surface area contributed by atoms with Crippen LogP contribution in [0.2, 0.25) is 0 Å². The van der Waals surface area contributed by atoms with Gasteiger partial charge in [-0.1, -0.05) is 108 Å².